The average molecular weight is 557 g/mol. The summed E-state index contributed by atoms with van der Waals surface area (Å²) in [5, 5.41) is 14.6. The molecule has 8 nitrogen and oxygen atoms in total. The Morgan fingerprint density at radius 1 is 1.07 bits per heavy atom. The van der Waals surface area contributed by atoms with Gasteiger partial charge in [0.25, 0.3) is 5.91 Å². The molecule has 3 aromatic rings. The Hall–Kier alpha value is -3.58. The van der Waals surface area contributed by atoms with Crippen LogP contribution >= 0.6 is 11.3 Å². The normalized spacial score (nSPS) is 23.0. The minimum absolute atomic E-state index is 0.0862. The first kappa shape index (κ1) is 28.0. The Labute approximate surface area is 239 Å². The number of aromatic nitrogens is 1. The number of nitrogens with one attached hydrogen (secondary N) is 1. The number of nitrogens with zero attached hydrogens (tertiary/aromatic N) is 4. The lowest BCUT2D eigenvalue weighted by molar-refractivity contribution is -0.128. The molecule has 1 saturated carbocycles. The second-order valence-electron chi connectivity index (χ2n) is 10.8. The lowest BCUT2D eigenvalue weighted by Gasteiger charge is -2.43. The predicted octanol–water partition coefficient (Wildman–Crippen LogP) is 4.08. The number of amides is 2. The molecule has 9 heteroatoms. The van der Waals surface area contributed by atoms with Crippen molar-refractivity contribution in [2.24, 2.45) is 5.73 Å². The molecule has 2 amide bonds. The first-order valence-electron chi connectivity index (χ1n) is 14.0. The molecule has 1 aliphatic heterocycles. The third-order valence-electron chi connectivity index (χ3n) is 8.09. The number of thiophene rings is 1. The number of carbonyl (C=O) groups is 2. The van der Waals surface area contributed by atoms with Crippen molar-refractivity contribution in [1.29, 1.82) is 5.26 Å². The molecule has 1 saturated heterocycles. The van der Waals surface area contributed by atoms with E-state index < -0.39 is 6.04 Å². The highest BCUT2D eigenvalue weighted by Crippen LogP contribution is 2.28. The van der Waals surface area contributed by atoms with E-state index in [9.17, 15) is 14.9 Å². The van der Waals surface area contributed by atoms with Crippen molar-refractivity contribution in [3.63, 3.8) is 0 Å². The number of piperidine rings is 1. The van der Waals surface area contributed by atoms with Gasteiger partial charge in [0.15, 0.2) is 0 Å². The lowest BCUT2D eigenvalue weighted by atomic mass is 9.90. The fourth-order valence-electron chi connectivity index (χ4n) is 5.82. The van der Waals surface area contributed by atoms with Gasteiger partial charge in [0.05, 0.1) is 17.2 Å². The molecule has 208 valence electrons. The molecule has 2 aromatic heterocycles. The van der Waals surface area contributed by atoms with Gasteiger partial charge in [0, 0.05) is 55.0 Å². The quantitative estimate of drug-likeness (QED) is 0.432. The number of pyridine rings is 1. The van der Waals surface area contributed by atoms with Gasteiger partial charge in [-0.1, -0.05) is 18.2 Å². The highest BCUT2D eigenvalue weighted by atomic mass is 32.1. The topological polar surface area (TPSA) is 115 Å². The van der Waals surface area contributed by atoms with Crippen molar-refractivity contribution in [2.75, 3.05) is 6.54 Å². The maximum absolute atomic E-state index is 13.8. The number of rotatable bonds is 8. The van der Waals surface area contributed by atoms with E-state index in [2.05, 4.69) is 38.8 Å². The van der Waals surface area contributed by atoms with Crippen LogP contribution in [0.25, 0.3) is 0 Å². The highest BCUT2D eigenvalue weighted by Gasteiger charge is 2.39. The van der Waals surface area contributed by atoms with E-state index in [1.54, 1.807) is 40.8 Å². The standard InChI is InChI=1S/C31H36N6O2S/c32-18-22-5-7-23(8-6-22)20-36(21-28-4-2-16-40-28)27-13-15-37(31(39)24-3-1-14-34-19-24)29(17-27)30(38)35-26-11-9-25(33)10-12-26/h1-8,14,16,19,25-27,29H,9-13,15,17,20-21,33H2,(H,35,38)/t25?,26?,27?,29-/m1/s1. The second kappa shape index (κ2) is 13.2. The summed E-state index contributed by atoms with van der Waals surface area (Å²) >= 11 is 1.72. The highest BCUT2D eigenvalue weighted by molar-refractivity contribution is 7.09. The van der Waals surface area contributed by atoms with Crippen LogP contribution in [0.1, 0.15) is 64.9 Å². The zero-order chi connectivity index (χ0) is 27.9. The van der Waals surface area contributed by atoms with Gasteiger partial charge in [-0.25, -0.2) is 0 Å². The Balaban J connectivity index is 1.38. The number of likely N-dealkylation sites (tertiary alicyclic amines) is 1. The monoisotopic (exact) mass is 556 g/mol. The van der Waals surface area contributed by atoms with Crippen molar-refractivity contribution in [3.8, 4) is 6.07 Å². The predicted molar refractivity (Wildman–Crippen MR) is 155 cm³/mol. The van der Waals surface area contributed by atoms with E-state index in [-0.39, 0.29) is 29.9 Å². The van der Waals surface area contributed by atoms with E-state index in [4.69, 9.17) is 5.73 Å². The Kier molecular flexibility index (Phi) is 9.22. The Morgan fingerprint density at radius 3 is 2.55 bits per heavy atom. The van der Waals surface area contributed by atoms with E-state index in [0.717, 1.165) is 44.2 Å². The number of nitriles is 1. The molecule has 1 aromatic carbocycles. The maximum Gasteiger partial charge on any atom is 0.256 e. The Bertz CT molecular complexity index is 1300. The zero-order valence-corrected chi connectivity index (χ0v) is 23.4. The minimum Gasteiger partial charge on any atom is -0.352 e. The van der Waals surface area contributed by atoms with Crippen molar-refractivity contribution in [2.45, 2.75) is 75.8 Å². The molecule has 1 unspecified atom stereocenters. The summed E-state index contributed by atoms with van der Waals surface area (Å²) < 4.78 is 0. The molecule has 1 aliphatic carbocycles. The van der Waals surface area contributed by atoms with E-state index in [1.807, 2.05) is 24.3 Å². The average Bonchev–Trinajstić information content (AvgIpc) is 3.51. The van der Waals surface area contributed by atoms with Gasteiger partial charge in [-0.15, -0.1) is 11.3 Å². The molecule has 2 atom stereocenters. The number of carbonyl (C=O) groups excluding carboxylic acids is 2. The molecule has 40 heavy (non-hydrogen) atoms. The van der Waals surface area contributed by atoms with Crippen LogP contribution in [0, 0.1) is 11.3 Å². The smallest absolute Gasteiger partial charge is 0.256 e. The molecule has 5 rings (SSSR count). The molecule has 0 bridgehead atoms. The summed E-state index contributed by atoms with van der Waals surface area (Å²) in [6.45, 7) is 1.94. The van der Waals surface area contributed by atoms with Crippen LogP contribution in [0.3, 0.4) is 0 Å². The van der Waals surface area contributed by atoms with E-state index in [0.29, 0.717) is 30.6 Å². The van der Waals surface area contributed by atoms with Crippen LogP contribution in [0.5, 0.6) is 0 Å². The van der Waals surface area contributed by atoms with Gasteiger partial charge < -0.3 is 16.0 Å². The van der Waals surface area contributed by atoms with Gasteiger partial charge in [-0.3, -0.25) is 19.5 Å². The van der Waals surface area contributed by atoms with Crippen molar-refractivity contribution in [3.05, 3.63) is 87.9 Å². The molecule has 2 fully saturated rings. The van der Waals surface area contributed by atoms with Crippen LogP contribution in [0.15, 0.2) is 66.3 Å². The molecule has 0 spiro atoms. The first-order valence-corrected chi connectivity index (χ1v) is 14.9. The van der Waals surface area contributed by atoms with Crippen LogP contribution in [0.4, 0.5) is 0 Å². The summed E-state index contributed by atoms with van der Waals surface area (Å²) in [5.74, 6) is -0.244. The summed E-state index contributed by atoms with van der Waals surface area (Å²) in [6.07, 6.45) is 8.05. The Morgan fingerprint density at radius 2 is 1.88 bits per heavy atom. The van der Waals surface area contributed by atoms with Crippen LogP contribution in [0.2, 0.25) is 0 Å². The molecule has 0 radical (unpaired) electrons. The van der Waals surface area contributed by atoms with Crippen LogP contribution in [-0.2, 0) is 17.9 Å². The second-order valence-corrected chi connectivity index (χ2v) is 11.9. The summed E-state index contributed by atoms with van der Waals surface area (Å²) in [4.78, 5) is 36.9. The molecular weight excluding hydrogens is 520 g/mol. The molecular formula is C31H36N6O2S. The van der Waals surface area contributed by atoms with Crippen molar-refractivity contribution in [1.82, 2.24) is 20.1 Å². The molecule has 3 N–H and O–H groups in total. The third-order valence-corrected chi connectivity index (χ3v) is 8.95. The fourth-order valence-corrected chi connectivity index (χ4v) is 6.55. The van der Waals surface area contributed by atoms with Crippen molar-refractivity contribution < 1.29 is 9.59 Å². The summed E-state index contributed by atoms with van der Waals surface area (Å²) in [7, 11) is 0. The van der Waals surface area contributed by atoms with Gasteiger partial charge in [-0.2, -0.15) is 5.26 Å². The number of benzene rings is 1. The SMILES string of the molecule is N#Cc1ccc(CN(Cc2cccs2)C2CCN(C(=O)c3cccnc3)[C@@H](C(=O)NC3CCC(N)CC3)C2)cc1. The maximum atomic E-state index is 13.8. The van der Waals surface area contributed by atoms with Gasteiger partial charge in [0.1, 0.15) is 6.04 Å². The molecule has 2 aliphatic rings. The van der Waals surface area contributed by atoms with Crippen LogP contribution < -0.4 is 11.1 Å². The zero-order valence-electron chi connectivity index (χ0n) is 22.6. The molecule has 3 heterocycles. The van der Waals surface area contributed by atoms with Gasteiger partial charge in [0.2, 0.25) is 5.91 Å². The van der Waals surface area contributed by atoms with Gasteiger partial charge >= 0.3 is 0 Å². The van der Waals surface area contributed by atoms with E-state index in [1.165, 1.54) is 4.88 Å². The van der Waals surface area contributed by atoms with E-state index >= 15 is 0 Å². The summed E-state index contributed by atoms with van der Waals surface area (Å²) in [5.41, 5.74) is 8.34. The summed E-state index contributed by atoms with van der Waals surface area (Å²) in [6, 6.07) is 17.4. The largest absolute Gasteiger partial charge is 0.352 e. The third kappa shape index (κ3) is 6.94. The fraction of sp³-hybridized carbons (Fsp3) is 0.419. The van der Waals surface area contributed by atoms with Crippen LogP contribution in [-0.4, -0.2) is 57.3 Å². The van der Waals surface area contributed by atoms with Gasteiger partial charge in [-0.05, 0) is 79.8 Å². The first-order chi connectivity index (χ1) is 19.5. The van der Waals surface area contributed by atoms with Crippen molar-refractivity contribution >= 4 is 23.2 Å². The number of hydrogen-bond donors (Lipinski definition) is 2. The number of hydrogen-bond acceptors (Lipinski definition) is 7. The minimum atomic E-state index is -0.575. The number of nitrogens with two attached hydrogens (primary N) is 1. The lowest BCUT2D eigenvalue weighted by Crippen LogP contribution is -2.58.